The number of nitrogens with zero attached hydrogens (tertiary/aromatic N) is 3. The minimum Gasteiger partial charge on any atom is -0.496 e. The largest absolute Gasteiger partial charge is 0.496 e. The number of anilines is 2. The summed E-state index contributed by atoms with van der Waals surface area (Å²) >= 11 is 0. The summed E-state index contributed by atoms with van der Waals surface area (Å²) in [5.41, 5.74) is 0.306. The van der Waals surface area contributed by atoms with Crippen LogP contribution in [0, 0.1) is 0 Å². The Morgan fingerprint density at radius 3 is 2.69 bits per heavy atom. The number of hydrogen-bond donors (Lipinski definition) is 2. The van der Waals surface area contributed by atoms with Gasteiger partial charge in [-0.05, 0) is 12.5 Å². The van der Waals surface area contributed by atoms with Crippen molar-refractivity contribution in [1.82, 2.24) is 9.55 Å². The molecule has 2 aromatic rings. The molecule has 0 amide bonds. The Balaban J connectivity index is 1.75. The third kappa shape index (κ3) is 4.40. The molecule has 0 saturated carbocycles. The summed E-state index contributed by atoms with van der Waals surface area (Å²) in [5, 5.41) is 13.3. The average molecular weight is 454 g/mol. The number of nitrogens with one attached hydrogen (secondary N) is 1. The number of ether oxygens (including phenoxy) is 2. The van der Waals surface area contributed by atoms with Crippen LogP contribution < -0.4 is 20.5 Å². The minimum absolute atomic E-state index is 0.0537. The lowest BCUT2D eigenvalue weighted by Gasteiger charge is -2.33. The molecular weight excluding hydrogens is 429 g/mol. The van der Waals surface area contributed by atoms with Gasteiger partial charge in [-0.1, -0.05) is 18.2 Å². The van der Waals surface area contributed by atoms with Crippen molar-refractivity contribution in [2.24, 2.45) is 0 Å². The molecule has 2 aliphatic rings. The maximum atomic E-state index is 13.4. The molecule has 1 aromatic carbocycles. The topological polar surface area (TPSA) is 88.9 Å². The van der Waals surface area contributed by atoms with Gasteiger partial charge in [0.25, 0.3) is 5.56 Å². The molecule has 0 aliphatic carbocycles. The highest BCUT2D eigenvalue weighted by molar-refractivity contribution is 5.52. The molecule has 1 aromatic heterocycles. The minimum atomic E-state index is -4.44. The fourth-order valence-corrected chi connectivity index (χ4v) is 4.09. The number of aromatic nitrogens is 2. The lowest BCUT2D eigenvalue weighted by Crippen LogP contribution is -2.46. The Kier molecular flexibility index (Phi) is 6.29. The molecule has 2 atom stereocenters. The number of halogens is 3. The molecule has 0 bridgehead atoms. The Bertz CT molecular complexity index is 1020. The maximum Gasteiger partial charge on any atom is 0.408 e. The van der Waals surface area contributed by atoms with E-state index in [1.165, 1.54) is 11.7 Å². The zero-order valence-corrected chi connectivity index (χ0v) is 17.6. The summed E-state index contributed by atoms with van der Waals surface area (Å²) in [4.78, 5) is 19.6. The predicted molar refractivity (Wildman–Crippen MR) is 111 cm³/mol. The van der Waals surface area contributed by atoms with Crippen molar-refractivity contribution >= 4 is 11.8 Å². The van der Waals surface area contributed by atoms with Crippen molar-refractivity contribution < 1.29 is 27.8 Å². The molecular formula is C21H25F3N4O4. The molecule has 1 fully saturated rings. The number of rotatable bonds is 5. The van der Waals surface area contributed by atoms with Gasteiger partial charge in [-0.25, -0.2) is 0 Å². The summed E-state index contributed by atoms with van der Waals surface area (Å²) in [5.74, 6) is 0.642. The molecule has 0 unspecified atom stereocenters. The van der Waals surface area contributed by atoms with Crippen LogP contribution in [-0.4, -0.2) is 60.3 Å². The molecule has 2 aliphatic heterocycles. The van der Waals surface area contributed by atoms with E-state index in [4.69, 9.17) is 9.47 Å². The van der Waals surface area contributed by atoms with Gasteiger partial charge in [0.1, 0.15) is 17.6 Å². The first-order valence-electron chi connectivity index (χ1n) is 10.4. The summed E-state index contributed by atoms with van der Waals surface area (Å²) in [7, 11) is 1.49. The van der Waals surface area contributed by atoms with Crippen LogP contribution >= 0.6 is 0 Å². The number of benzene rings is 1. The number of aliphatic hydroxyl groups excluding tert-OH is 1. The van der Waals surface area contributed by atoms with Crippen molar-refractivity contribution in [3.8, 4) is 5.75 Å². The van der Waals surface area contributed by atoms with E-state index in [0.29, 0.717) is 37.6 Å². The SMILES string of the molecule is COc1ccccc1[C@@H](O)Cc1c(N2CCOCC2)nc2n(c1=O)CC[C@@H](C(F)(F)F)N2. The monoisotopic (exact) mass is 454 g/mol. The lowest BCUT2D eigenvalue weighted by atomic mass is 10.0. The molecule has 2 N–H and O–H groups in total. The van der Waals surface area contributed by atoms with E-state index < -0.39 is 23.9 Å². The molecule has 174 valence electrons. The van der Waals surface area contributed by atoms with E-state index in [-0.39, 0.29) is 36.7 Å². The highest BCUT2D eigenvalue weighted by Gasteiger charge is 2.42. The van der Waals surface area contributed by atoms with Gasteiger partial charge in [-0.15, -0.1) is 0 Å². The van der Waals surface area contributed by atoms with Crippen molar-refractivity contribution in [2.75, 3.05) is 43.6 Å². The van der Waals surface area contributed by atoms with Gasteiger partial charge in [0.05, 0.1) is 32.0 Å². The van der Waals surface area contributed by atoms with Crippen molar-refractivity contribution in [2.45, 2.75) is 37.7 Å². The van der Waals surface area contributed by atoms with Crippen LogP contribution in [0.5, 0.6) is 5.75 Å². The Morgan fingerprint density at radius 2 is 2.00 bits per heavy atom. The number of hydrogen-bond acceptors (Lipinski definition) is 7. The fraction of sp³-hybridized carbons (Fsp3) is 0.524. The van der Waals surface area contributed by atoms with E-state index in [1.807, 2.05) is 4.90 Å². The van der Waals surface area contributed by atoms with Gasteiger partial charge in [0, 0.05) is 31.6 Å². The van der Waals surface area contributed by atoms with Gasteiger partial charge in [0.15, 0.2) is 0 Å². The zero-order valence-electron chi connectivity index (χ0n) is 17.6. The summed E-state index contributed by atoms with van der Waals surface area (Å²) in [6.45, 7) is 1.59. The van der Waals surface area contributed by atoms with E-state index in [1.54, 1.807) is 24.3 Å². The summed E-state index contributed by atoms with van der Waals surface area (Å²) in [6.07, 6.45) is -5.83. The van der Waals surface area contributed by atoms with Gasteiger partial charge in [0.2, 0.25) is 5.95 Å². The first-order chi connectivity index (χ1) is 15.3. The first kappa shape index (κ1) is 22.4. The first-order valence-corrected chi connectivity index (χ1v) is 10.4. The molecule has 0 spiro atoms. The number of fused-ring (bicyclic) bond motifs is 1. The van der Waals surface area contributed by atoms with Crippen molar-refractivity contribution in [3.63, 3.8) is 0 Å². The Hall–Kier alpha value is -2.79. The normalized spacial score (nSPS) is 19.8. The number of para-hydroxylation sites is 1. The van der Waals surface area contributed by atoms with Gasteiger partial charge >= 0.3 is 6.18 Å². The highest BCUT2D eigenvalue weighted by Crippen LogP contribution is 2.32. The van der Waals surface area contributed by atoms with Crippen LogP contribution in [-0.2, 0) is 17.7 Å². The van der Waals surface area contributed by atoms with Crippen LogP contribution in [0.3, 0.4) is 0 Å². The predicted octanol–water partition coefficient (Wildman–Crippen LogP) is 2.11. The Labute approximate surface area is 182 Å². The highest BCUT2D eigenvalue weighted by atomic mass is 19.4. The summed E-state index contributed by atoms with van der Waals surface area (Å²) in [6, 6.07) is 5.17. The molecule has 0 radical (unpaired) electrons. The number of aliphatic hydroxyl groups is 1. The van der Waals surface area contributed by atoms with E-state index in [2.05, 4.69) is 10.3 Å². The van der Waals surface area contributed by atoms with Crippen LogP contribution in [0.1, 0.15) is 23.7 Å². The summed E-state index contributed by atoms with van der Waals surface area (Å²) < 4.78 is 51.7. The van der Waals surface area contributed by atoms with E-state index in [0.717, 1.165) is 0 Å². The van der Waals surface area contributed by atoms with Crippen molar-refractivity contribution in [3.05, 3.63) is 45.7 Å². The van der Waals surface area contributed by atoms with Crippen LogP contribution in [0.15, 0.2) is 29.1 Å². The molecule has 1 saturated heterocycles. The standard InChI is InChI=1S/C21H25F3N4O4/c1-31-16-5-3-2-4-13(16)15(29)12-14-18(27-8-10-32-11-9-27)26-20-25-17(21(22,23)24)6-7-28(20)19(14)30/h2-5,15,17,29H,6-12H2,1H3,(H,25,26)/t15-,17-/m0/s1. The van der Waals surface area contributed by atoms with E-state index >= 15 is 0 Å². The second-order valence-corrected chi connectivity index (χ2v) is 7.78. The average Bonchev–Trinajstić information content (AvgIpc) is 2.80. The lowest BCUT2D eigenvalue weighted by molar-refractivity contribution is -0.145. The third-order valence-corrected chi connectivity index (χ3v) is 5.79. The third-order valence-electron chi connectivity index (χ3n) is 5.79. The number of morpholine rings is 1. The smallest absolute Gasteiger partial charge is 0.408 e. The molecule has 4 rings (SSSR count). The second kappa shape index (κ2) is 8.99. The molecule has 8 nitrogen and oxygen atoms in total. The second-order valence-electron chi connectivity index (χ2n) is 7.78. The van der Waals surface area contributed by atoms with Gasteiger partial charge < -0.3 is 24.8 Å². The van der Waals surface area contributed by atoms with Crippen LogP contribution in [0.2, 0.25) is 0 Å². The Morgan fingerprint density at radius 1 is 1.28 bits per heavy atom. The fourth-order valence-electron chi connectivity index (χ4n) is 4.09. The van der Waals surface area contributed by atoms with E-state index in [9.17, 15) is 23.1 Å². The number of alkyl halides is 3. The number of methoxy groups -OCH3 is 1. The molecule has 32 heavy (non-hydrogen) atoms. The van der Waals surface area contributed by atoms with Crippen LogP contribution in [0.25, 0.3) is 0 Å². The van der Waals surface area contributed by atoms with Crippen molar-refractivity contribution in [1.29, 1.82) is 0 Å². The van der Waals surface area contributed by atoms with Gasteiger partial charge in [-0.3, -0.25) is 9.36 Å². The maximum absolute atomic E-state index is 13.4. The quantitative estimate of drug-likeness (QED) is 0.716. The molecule has 11 heteroatoms. The molecule has 3 heterocycles. The van der Waals surface area contributed by atoms with Gasteiger partial charge in [-0.2, -0.15) is 18.2 Å². The van der Waals surface area contributed by atoms with Crippen LogP contribution in [0.4, 0.5) is 24.9 Å². The zero-order chi connectivity index (χ0) is 22.9.